The molecule has 0 saturated carbocycles. The Balaban J connectivity index is 2.52. The molecule has 0 aliphatic carbocycles. The summed E-state index contributed by atoms with van der Waals surface area (Å²) < 4.78 is 1.41. The topological polar surface area (TPSA) is 98.3 Å². The summed E-state index contributed by atoms with van der Waals surface area (Å²) in [6.07, 6.45) is 0.745. The van der Waals surface area contributed by atoms with Crippen molar-refractivity contribution in [2.75, 3.05) is 0 Å². The molecule has 7 nitrogen and oxygen atoms in total. The Bertz CT molecular complexity index is 706. The number of hydrogen-bond acceptors (Lipinski definition) is 4. The highest BCUT2D eigenvalue weighted by Crippen LogP contribution is 2.26. The van der Waals surface area contributed by atoms with Crippen LogP contribution in [0.1, 0.15) is 29.4 Å². The van der Waals surface area contributed by atoms with Crippen molar-refractivity contribution in [2.24, 2.45) is 0 Å². The lowest BCUT2D eigenvalue weighted by Crippen LogP contribution is -2.09. The maximum atomic E-state index is 11.2. The number of carbonyl (C=O) groups is 1. The molecule has 0 fully saturated rings. The van der Waals surface area contributed by atoms with Crippen LogP contribution in [-0.4, -0.2) is 25.8 Å². The lowest BCUT2D eigenvalue weighted by Gasteiger charge is -2.01. The van der Waals surface area contributed by atoms with Crippen LogP contribution in [0.15, 0.2) is 24.3 Å². The van der Waals surface area contributed by atoms with Crippen LogP contribution in [0.2, 0.25) is 0 Å². The second-order valence-electron chi connectivity index (χ2n) is 4.70. The fraction of sp³-hybridized carbons (Fsp3) is 0.286. The normalized spacial score (nSPS) is 10.6. The molecule has 7 heteroatoms. The minimum Gasteiger partial charge on any atom is -0.477 e. The molecule has 2 aromatic rings. The standard InChI is InChI=1S/C14H15N3O4/c1-3-6-16-13(14(18)19)8-11(15-16)10-5-4-9(2)12(7-10)17(20)21/h4-5,7-8H,3,6H2,1-2H3,(H,18,19). The minimum absolute atomic E-state index is 0.00517. The molecule has 0 radical (unpaired) electrons. The lowest BCUT2D eigenvalue weighted by molar-refractivity contribution is -0.385. The fourth-order valence-electron chi connectivity index (χ4n) is 2.08. The number of aromatic nitrogens is 2. The van der Waals surface area contributed by atoms with Gasteiger partial charge in [0.1, 0.15) is 5.69 Å². The molecular formula is C14H15N3O4. The van der Waals surface area contributed by atoms with E-state index in [0.29, 0.717) is 23.4 Å². The molecule has 21 heavy (non-hydrogen) atoms. The summed E-state index contributed by atoms with van der Waals surface area (Å²) in [6.45, 7) is 4.06. The van der Waals surface area contributed by atoms with E-state index in [-0.39, 0.29) is 11.4 Å². The molecule has 110 valence electrons. The number of benzene rings is 1. The Morgan fingerprint density at radius 3 is 2.71 bits per heavy atom. The Kier molecular flexibility index (Phi) is 4.02. The SMILES string of the molecule is CCCn1nc(-c2ccc(C)c([N+](=O)[O-])c2)cc1C(=O)O. The smallest absolute Gasteiger partial charge is 0.354 e. The van der Waals surface area contributed by atoms with E-state index in [1.54, 1.807) is 19.1 Å². The molecule has 1 heterocycles. The van der Waals surface area contributed by atoms with E-state index in [1.165, 1.54) is 16.8 Å². The second kappa shape index (κ2) is 5.74. The molecule has 0 aliphatic rings. The van der Waals surface area contributed by atoms with E-state index < -0.39 is 10.9 Å². The molecule has 0 atom stereocenters. The van der Waals surface area contributed by atoms with Crippen molar-refractivity contribution in [3.8, 4) is 11.3 Å². The van der Waals surface area contributed by atoms with Gasteiger partial charge < -0.3 is 5.11 Å². The highest BCUT2D eigenvalue weighted by atomic mass is 16.6. The van der Waals surface area contributed by atoms with Gasteiger partial charge in [0, 0.05) is 23.7 Å². The van der Waals surface area contributed by atoms with Crippen LogP contribution in [0.4, 0.5) is 5.69 Å². The molecule has 2 rings (SSSR count). The van der Waals surface area contributed by atoms with E-state index in [4.69, 9.17) is 0 Å². The first kappa shape index (κ1) is 14.7. The Hall–Kier alpha value is -2.70. The number of rotatable bonds is 5. The number of hydrogen-bond donors (Lipinski definition) is 1. The first-order valence-electron chi connectivity index (χ1n) is 6.50. The van der Waals surface area contributed by atoms with Gasteiger partial charge in [0.05, 0.1) is 10.6 Å². The average molecular weight is 289 g/mol. The summed E-state index contributed by atoms with van der Waals surface area (Å²) in [5, 5.41) is 24.4. The maximum absolute atomic E-state index is 11.2. The van der Waals surface area contributed by atoms with Gasteiger partial charge in [0.15, 0.2) is 0 Å². The van der Waals surface area contributed by atoms with Crippen molar-refractivity contribution in [1.29, 1.82) is 0 Å². The van der Waals surface area contributed by atoms with E-state index in [9.17, 15) is 20.0 Å². The van der Waals surface area contributed by atoms with Crippen LogP contribution in [0.3, 0.4) is 0 Å². The van der Waals surface area contributed by atoms with Gasteiger partial charge in [-0.2, -0.15) is 5.10 Å². The van der Waals surface area contributed by atoms with Gasteiger partial charge >= 0.3 is 5.97 Å². The van der Waals surface area contributed by atoms with Crippen molar-refractivity contribution in [2.45, 2.75) is 26.8 Å². The maximum Gasteiger partial charge on any atom is 0.354 e. The van der Waals surface area contributed by atoms with Crippen LogP contribution >= 0.6 is 0 Å². The van der Waals surface area contributed by atoms with E-state index in [1.807, 2.05) is 6.92 Å². The molecule has 0 unspecified atom stereocenters. The number of aryl methyl sites for hydroxylation is 2. The number of nitro benzene ring substituents is 1. The number of nitro groups is 1. The molecular weight excluding hydrogens is 274 g/mol. The van der Waals surface area contributed by atoms with E-state index in [0.717, 1.165) is 6.42 Å². The summed E-state index contributed by atoms with van der Waals surface area (Å²) in [4.78, 5) is 21.7. The van der Waals surface area contributed by atoms with E-state index >= 15 is 0 Å². The number of aromatic carboxylic acids is 1. The van der Waals surface area contributed by atoms with Crippen LogP contribution in [-0.2, 0) is 6.54 Å². The van der Waals surface area contributed by atoms with Crippen LogP contribution in [0.5, 0.6) is 0 Å². The van der Waals surface area contributed by atoms with Crippen molar-refractivity contribution >= 4 is 11.7 Å². The van der Waals surface area contributed by atoms with Crippen molar-refractivity contribution < 1.29 is 14.8 Å². The highest BCUT2D eigenvalue weighted by Gasteiger charge is 2.17. The fourth-order valence-corrected chi connectivity index (χ4v) is 2.08. The van der Waals surface area contributed by atoms with Gasteiger partial charge in [-0.3, -0.25) is 14.8 Å². The molecule has 0 amide bonds. The molecule has 1 N–H and O–H groups in total. The third-order valence-electron chi connectivity index (χ3n) is 3.14. The first-order chi connectivity index (χ1) is 9.93. The molecule has 0 saturated heterocycles. The number of carboxylic acids is 1. The summed E-state index contributed by atoms with van der Waals surface area (Å²) in [6, 6.07) is 6.19. The molecule has 1 aromatic carbocycles. The second-order valence-corrected chi connectivity index (χ2v) is 4.70. The zero-order valence-electron chi connectivity index (χ0n) is 11.7. The highest BCUT2D eigenvalue weighted by molar-refractivity contribution is 5.87. The van der Waals surface area contributed by atoms with Crippen molar-refractivity contribution in [3.05, 3.63) is 45.6 Å². The van der Waals surface area contributed by atoms with Gasteiger partial charge in [-0.05, 0) is 19.4 Å². The first-order valence-corrected chi connectivity index (χ1v) is 6.50. The van der Waals surface area contributed by atoms with Gasteiger partial charge in [-0.15, -0.1) is 0 Å². The average Bonchev–Trinajstić information content (AvgIpc) is 2.83. The molecule has 0 bridgehead atoms. The zero-order valence-corrected chi connectivity index (χ0v) is 11.7. The Labute approximate surface area is 121 Å². The van der Waals surface area contributed by atoms with Crippen molar-refractivity contribution in [3.63, 3.8) is 0 Å². The molecule has 0 spiro atoms. The lowest BCUT2D eigenvalue weighted by atomic mass is 10.1. The summed E-state index contributed by atoms with van der Waals surface area (Å²) in [5.41, 5.74) is 1.58. The van der Waals surface area contributed by atoms with Crippen LogP contribution in [0, 0.1) is 17.0 Å². The van der Waals surface area contributed by atoms with Gasteiger partial charge in [-0.1, -0.05) is 19.1 Å². The number of nitrogens with zero attached hydrogens (tertiary/aromatic N) is 3. The van der Waals surface area contributed by atoms with Crippen LogP contribution < -0.4 is 0 Å². The monoisotopic (exact) mass is 289 g/mol. The van der Waals surface area contributed by atoms with Gasteiger partial charge in [0.2, 0.25) is 0 Å². The summed E-state index contributed by atoms with van der Waals surface area (Å²) in [7, 11) is 0. The summed E-state index contributed by atoms with van der Waals surface area (Å²) >= 11 is 0. The zero-order chi connectivity index (χ0) is 15.6. The minimum atomic E-state index is -1.07. The van der Waals surface area contributed by atoms with Gasteiger partial charge in [0.25, 0.3) is 5.69 Å². The predicted molar refractivity (Wildman–Crippen MR) is 76.3 cm³/mol. The van der Waals surface area contributed by atoms with Gasteiger partial charge in [-0.25, -0.2) is 4.79 Å². The Morgan fingerprint density at radius 2 is 2.14 bits per heavy atom. The third kappa shape index (κ3) is 2.91. The third-order valence-corrected chi connectivity index (χ3v) is 3.14. The largest absolute Gasteiger partial charge is 0.477 e. The van der Waals surface area contributed by atoms with Crippen LogP contribution in [0.25, 0.3) is 11.3 Å². The quantitative estimate of drug-likeness (QED) is 0.674. The molecule has 1 aromatic heterocycles. The van der Waals surface area contributed by atoms with Crippen molar-refractivity contribution in [1.82, 2.24) is 9.78 Å². The predicted octanol–water partition coefficient (Wildman–Crippen LogP) is 2.87. The molecule has 0 aliphatic heterocycles. The number of carboxylic acid groups (broad SMARTS) is 1. The van der Waals surface area contributed by atoms with E-state index in [2.05, 4.69) is 5.10 Å². The Morgan fingerprint density at radius 1 is 1.43 bits per heavy atom. The summed E-state index contributed by atoms with van der Waals surface area (Å²) in [5.74, 6) is -1.07.